The highest BCUT2D eigenvalue weighted by atomic mass is 14.9. The molecule has 4 aliphatic carbocycles. The van der Waals surface area contributed by atoms with Gasteiger partial charge in [-0.1, -0.05) is 0 Å². The molecule has 4 bridgehead atoms. The Labute approximate surface area is 122 Å². The molecule has 20 heavy (non-hydrogen) atoms. The Bertz CT molecular complexity index is 448. The monoisotopic (exact) mass is 272 g/mol. The summed E-state index contributed by atoms with van der Waals surface area (Å²) < 4.78 is 2.20. The van der Waals surface area contributed by atoms with Crippen molar-refractivity contribution in [1.29, 1.82) is 0 Å². The second-order valence-corrected chi connectivity index (χ2v) is 7.80. The van der Waals surface area contributed by atoms with E-state index in [-0.39, 0.29) is 0 Å². The van der Waals surface area contributed by atoms with Crippen LogP contribution in [0.25, 0.3) is 0 Å². The Balaban J connectivity index is 1.63. The van der Waals surface area contributed by atoms with Crippen LogP contribution in [0.5, 0.6) is 0 Å². The third-order valence-corrected chi connectivity index (χ3v) is 6.52. The van der Waals surface area contributed by atoms with Crippen LogP contribution in [0.4, 0.5) is 0 Å². The molecule has 0 radical (unpaired) electrons. The Kier molecular flexibility index (Phi) is 3.17. The Morgan fingerprint density at radius 1 is 1.15 bits per heavy atom. The molecular formula is C18H28N2. The van der Waals surface area contributed by atoms with Crippen LogP contribution in [0.3, 0.4) is 0 Å². The molecule has 0 spiro atoms. The topological polar surface area (TPSA) is 30.9 Å². The summed E-state index contributed by atoms with van der Waals surface area (Å²) in [5.74, 6) is 5.79. The summed E-state index contributed by atoms with van der Waals surface area (Å²) >= 11 is 0. The third-order valence-electron chi connectivity index (χ3n) is 6.52. The molecular weight excluding hydrogens is 244 g/mol. The second kappa shape index (κ2) is 4.91. The summed E-state index contributed by atoms with van der Waals surface area (Å²) in [5.41, 5.74) is 7.51. The van der Waals surface area contributed by atoms with Crippen LogP contribution in [0, 0.1) is 29.6 Å². The molecule has 5 rings (SSSR count). The first kappa shape index (κ1) is 12.9. The Morgan fingerprint density at radius 3 is 2.30 bits per heavy atom. The van der Waals surface area contributed by atoms with Gasteiger partial charge in [0.15, 0.2) is 0 Å². The molecule has 1 unspecified atom stereocenters. The summed E-state index contributed by atoms with van der Waals surface area (Å²) in [6, 6.07) is 2.34. The van der Waals surface area contributed by atoms with Crippen molar-refractivity contribution < 1.29 is 0 Å². The van der Waals surface area contributed by atoms with Gasteiger partial charge in [0.2, 0.25) is 0 Å². The van der Waals surface area contributed by atoms with Crippen molar-refractivity contribution in [2.45, 2.75) is 44.4 Å². The van der Waals surface area contributed by atoms with Gasteiger partial charge < -0.3 is 10.3 Å². The first-order chi connectivity index (χ1) is 9.74. The molecule has 4 aliphatic rings. The van der Waals surface area contributed by atoms with Crippen molar-refractivity contribution in [1.82, 2.24) is 4.57 Å². The summed E-state index contributed by atoms with van der Waals surface area (Å²) in [6.07, 6.45) is 13.3. The smallest absolute Gasteiger partial charge is 0.0106 e. The van der Waals surface area contributed by atoms with Crippen LogP contribution < -0.4 is 5.73 Å². The highest BCUT2D eigenvalue weighted by Gasteiger charge is 2.50. The normalized spacial score (nSPS) is 40.2. The molecule has 2 nitrogen and oxygen atoms in total. The van der Waals surface area contributed by atoms with E-state index in [1.54, 1.807) is 12.0 Å². The second-order valence-electron chi connectivity index (χ2n) is 7.80. The van der Waals surface area contributed by atoms with Gasteiger partial charge in [0.05, 0.1) is 0 Å². The molecule has 0 saturated heterocycles. The van der Waals surface area contributed by atoms with Gasteiger partial charge in [0.25, 0.3) is 0 Å². The van der Waals surface area contributed by atoms with Gasteiger partial charge >= 0.3 is 0 Å². The zero-order valence-electron chi connectivity index (χ0n) is 12.7. The van der Waals surface area contributed by atoms with Gasteiger partial charge in [-0.05, 0) is 92.2 Å². The number of nitrogens with zero attached hydrogens (tertiary/aromatic N) is 1. The molecule has 0 aromatic carbocycles. The molecule has 1 aromatic rings. The van der Waals surface area contributed by atoms with Crippen molar-refractivity contribution in [3.05, 3.63) is 24.0 Å². The third kappa shape index (κ3) is 2.04. The van der Waals surface area contributed by atoms with Crippen LogP contribution in [0.1, 0.15) is 50.0 Å². The lowest BCUT2D eigenvalue weighted by Crippen LogP contribution is -2.47. The fourth-order valence-electron chi connectivity index (χ4n) is 6.13. The first-order valence-corrected chi connectivity index (χ1v) is 8.56. The fraction of sp³-hybridized carbons (Fsp3) is 0.778. The molecule has 110 valence electrons. The minimum absolute atomic E-state index is 0.719. The SMILES string of the molecule is Cn1ccc(C(CCN)C2C3CC4CC(C3)CC2C4)c1. The molecule has 1 aromatic heterocycles. The first-order valence-electron chi connectivity index (χ1n) is 8.56. The average molecular weight is 272 g/mol. The van der Waals surface area contributed by atoms with Crippen LogP contribution in [-0.2, 0) is 7.05 Å². The molecule has 2 heteroatoms. The van der Waals surface area contributed by atoms with E-state index in [4.69, 9.17) is 5.73 Å². The van der Waals surface area contributed by atoms with E-state index in [9.17, 15) is 0 Å². The molecule has 2 N–H and O–H groups in total. The van der Waals surface area contributed by atoms with Gasteiger partial charge in [-0.25, -0.2) is 0 Å². The molecule has 0 aliphatic heterocycles. The van der Waals surface area contributed by atoms with E-state index in [2.05, 4.69) is 30.1 Å². The molecule has 4 fully saturated rings. The van der Waals surface area contributed by atoms with E-state index in [0.29, 0.717) is 0 Å². The van der Waals surface area contributed by atoms with Crippen LogP contribution in [0.2, 0.25) is 0 Å². The summed E-state index contributed by atoms with van der Waals surface area (Å²) in [6.45, 7) is 0.836. The van der Waals surface area contributed by atoms with E-state index >= 15 is 0 Å². The Morgan fingerprint density at radius 2 is 1.80 bits per heavy atom. The van der Waals surface area contributed by atoms with Crippen molar-refractivity contribution in [3.63, 3.8) is 0 Å². The average Bonchev–Trinajstić information content (AvgIpc) is 2.83. The Hall–Kier alpha value is -0.760. The fourth-order valence-corrected chi connectivity index (χ4v) is 6.13. The van der Waals surface area contributed by atoms with Gasteiger partial charge in [-0.15, -0.1) is 0 Å². The van der Waals surface area contributed by atoms with E-state index in [1.807, 2.05) is 0 Å². The number of rotatable bonds is 4. The number of hydrogen-bond acceptors (Lipinski definition) is 1. The van der Waals surface area contributed by atoms with Crippen molar-refractivity contribution in [2.75, 3.05) is 6.54 Å². The summed E-state index contributed by atoms with van der Waals surface area (Å²) in [5, 5.41) is 0. The lowest BCUT2D eigenvalue weighted by Gasteiger charge is -2.56. The molecule has 0 amide bonds. The van der Waals surface area contributed by atoms with E-state index in [1.165, 1.54) is 32.1 Å². The molecule has 1 heterocycles. The zero-order valence-corrected chi connectivity index (χ0v) is 12.7. The number of aromatic nitrogens is 1. The maximum absolute atomic E-state index is 5.96. The standard InChI is InChI=1S/C18H28N2/c1-20-5-3-14(11-20)17(2-4-19)18-15-7-12-6-13(9-15)10-16(18)8-12/h3,5,11-13,15-18H,2,4,6-10,19H2,1H3. The van der Waals surface area contributed by atoms with Crippen LogP contribution >= 0.6 is 0 Å². The minimum Gasteiger partial charge on any atom is -0.357 e. The van der Waals surface area contributed by atoms with Crippen LogP contribution in [0.15, 0.2) is 18.5 Å². The van der Waals surface area contributed by atoms with E-state index < -0.39 is 0 Å². The largest absolute Gasteiger partial charge is 0.357 e. The highest BCUT2D eigenvalue weighted by Crippen LogP contribution is 2.60. The number of nitrogens with two attached hydrogens (primary N) is 1. The minimum atomic E-state index is 0.719. The maximum atomic E-state index is 5.96. The van der Waals surface area contributed by atoms with Crippen molar-refractivity contribution in [2.24, 2.45) is 42.4 Å². The lowest BCUT2D eigenvalue weighted by atomic mass is 9.49. The van der Waals surface area contributed by atoms with E-state index in [0.717, 1.165) is 42.1 Å². The van der Waals surface area contributed by atoms with Crippen LogP contribution in [-0.4, -0.2) is 11.1 Å². The number of aryl methyl sites for hydroxylation is 1. The predicted molar refractivity (Wildman–Crippen MR) is 82.4 cm³/mol. The van der Waals surface area contributed by atoms with Crippen molar-refractivity contribution >= 4 is 0 Å². The summed E-state index contributed by atoms with van der Waals surface area (Å²) in [4.78, 5) is 0. The van der Waals surface area contributed by atoms with Crippen molar-refractivity contribution in [3.8, 4) is 0 Å². The highest BCUT2D eigenvalue weighted by molar-refractivity contribution is 5.19. The van der Waals surface area contributed by atoms with Gasteiger partial charge in [-0.3, -0.25) is 0 Å². The lowest BCUT2D eigenvalue weighted by molar-refractivity contribution is -0.0486. The quantitative estimate of drug-likeness (QED) is 0.893. The molecule has 4 saturated carbocycles. The maximum Gasteiger partial charge on any atom is 0.0106 e. The van der Waals surface area contributed by atoms with Gasteiger partial charge in [0, 0.05) is 19.4 Å². The predicted octanol–water partition coefficient (Wildman–Crippen LogP) is 3.53. The molecule has 1 atom stereocenters. The zero-order chi connectivity index (χ0) is 13.7. The number of hydrogen-bond donors (Lipinski definition) is 1. The summed E-state index contributed by atoms with van der Waals surface area (Å²) in [7, 11) is 2.14. The van der Waals surface area contributed by atoms with Gasteiger partial charge in [0.1, 0.15) is 0 Å². The van der Waals surface area contributed by atoms with Gasteiger partial charge in [-0.2, -0.15) is 0 Å².